The van der Waals surface area contributed by atoms with E-state index in [1.165, 1.54) is 6.08 Å². The Kier molecular flexibility index (Phi) is 4.84. The maximum Gasteiger partial charge on any atom is 0.249 e. The Bertz CT molecular complexity index is 1140. The molecule has 5 rings (SSSR count). The van der Waals surface area contributed by atoms with Crippen LogP contribution in [0.3, 0.4) is 0 Å². The molecule has 0 aliphatic carbocycles. The number of amides is 1. The van der Waals surface area contributed by atoms with Crippen molar-refractivity contribution >= 4 is 29.6 Å². The molecule has 1 amide bonds. The molecular weight excluding hydrogens is 402 g/mol. The Labute approximate surface area is 177 Å². The number of rotatable bonds is 5. The summed E-state index contributed by atoms with van der Waals surface area (Å²) in [6.07, 6.45) is 3.26. The third-order valence-electron chi connectivity index (χ3n) is 4.93. The molecule has 0 fully saturated rings. The van der Waals surface area contributed by atoms with Gasteiger partial charge in [-0.3, -0.25) is 4.79 Å². The van der Waals surface area contributed by atoms with E-state index in [1.807, 2.05) is 42.5 Å². The first kappa shape index (κ1) is 18.6. The summed E-state index contributed by atoms with van der Waals surface area (Å²) in [7, 11) is 1.63. The highest BCUT2D eigenvalue weighted by Crippen LogP contribution is 2.36. The SMILES string of the molecule is COc1ccc(-n2nc3c(c2NC(=O)/C=C/c2ccc4c(c2)OCO4)CSC3)cc1. The van der Waals surface area contributed by atoms with E-state index in [0.29, 0.717) is 17.3 Å². The molecule has 30 heavy (non-hydrogen) atoms. The molecule has 2 aliphatic rings. The second-order valence-corrected chi connectivity index (χ2v) is 7.80. The van der Waals surface area contributed by atoms with Gasteiger partial charge >= 0.3 is 0 Å². The predicted octanol–water partition coefficient (Wildman–Crippen LogP) is 4.01. The number of nitrogens with zero attached hydrogens (tertiary/aromatic N) is 2. The van der Waals surface area contributed by atoms with Gasteiger partial charge in [0.1, 0.15) is 11.6 Å². The number of fused-ring (bicyclic) bond motifs is 2. The van der Waals surface area contributed by atoms with Gasteiger partial charge in [-0.2, -0.15) is 16.9 Å². The molecule has 3 aromatic rings. The van der Waals surface area contributed by atoms with Gasteiger partial charge in [-0.25, -0.2) is 4.68 Å². The summed E-state index contributed by atoms with van der Waals surface area (Å²) in [5, 5.41) is 7.73. The van der Waals surface area contributed by atoms with Gasteiger partial charge in [0, 0.05) is 23.1 Å². The van der Waals surface area contributed by atoms with Crippen molar-refractivity contribution in [1.82, 2.24) is 9.78 Å². The minimum Gasteiger partial charge on any atom is -0.497 e. The summed E-state index contributed by atoms with van der Waals surface area (Å²) in [4.78, 5) is 12.7. The molecule has 0 unspecified atom stereocenters. The maximum absolute atomic E-state index is 12.7. The number of aromatic nitrogens is 2. The molecular formula is C22H19N3O4S. The molecule has 1 N–H and O–H groups in total. The normalized spacial score (nSPS) is 14.2. The molecule has 0 radical (unpaired) electrons. The monoisotopic (exact) mass is 421 g/mol. The Morgan fingerprint density at radius 3 is 2.83 bits per heavy atom. The zero-order valence-electron chi connectivity index (χ0n) is 16.3. The van der Waals surface area contributed by atoms with Crippen LogP contribution in [-0.4, -0.2) is 29.6 Å². The van der Waals surface area contributed by atoms with Crippen molar-refractivity contribution in [3.8, 4) is 22.9 Å². The van der Waals surface area contributed by atoms with Crippen molar-refractivity contribution in [1.29, 1.82) is 0 Å². The van der Waals surface area contributed by atoms with E-state index >= 15 is 0 Å². The van der Waals surface area contributed by atoms with Gasteiger partial charge in [0.25, 0.3) is 0 Å². The maximum atomic E-state index is 12.7. The molecule has 8 heteroatoms. The molecule has 2 aromatic carbocycles. The second kappa shape index (κ2) is 7.79. The van der Waals surface area contributed by atoms with Gasteiger partial charge in [-0.15, -0.1) is 0 Å². The minimum atomic E-state index is -0.220. The van der Waals surface area contributed by atoms with Crippen molar-refractivity contribution < 1.29 is 19.0 Å². The van der Waals surface area contributed by atoms with E-state index in [-0.39, 0.29) is 12.7 Å². The van der Waals surface area contributed by atoms with Gasteiger partial charge in [0.2, 0.25) is 12.7 Å². The number of benzene rings is 2. The van der Waals surface area contributed by atoms with Crippen molar-refractivity contribution in [3.05, 3.63) is 65.4 Å². The number of carbonyl (C=O) groups is 1. The number of ether oxygens (including phenoxy) is 3. The number of hydrogen-bond acceptors (Lipinski definition) is 6. The number of thioether (sulfide) groups is 1. The highest BCUT2D eigenvalue weighted by Gasteiger charge is 2.24. The van der Waals surface area contributed by atoms with Gasteiger partial charge in [-0.05, 0) is 48.0 Å². The van der Waals surface area contributed by atoms with Crippen molar-refractivity contribution in [2.75, 3.05) is 19.2 Å². The smallest absolute Gasteiger partial charge is 0.249 e. The summed E-state index contributed by atoms with van der Waals surface area (Å²) in [5.41, 5.74) is 3.80. The molecule has 3 heterocycles. The molecule has 0 atom stereocenters. The van der Waals surface area contributed by atoms with Crippen LogP contribution in [0, 0.1) is 0 Å². The Morgan fingerprint density at radius 1 is 1.17 bits per heavy atom. The minimum absolute atomic E-state index is 0.220. The number of anilines is 1. The summed E-state index contributed by atoms with van der Waals surface area (Å²) in [5.74, 6) is 4.33. The fourth-order valence-corrected chi connectivity index (χ4v) is 4.43. The number of methoxy groups -OCH3 is 1. The van der Waals surface area contributed by atoms with Crippen molar-refractivity contribution in [2.45, 2.75) is 11.5 Å². The Morgan fingerprint density at radius 2 is 2.00 bits per heavy atom. The largest absolute Gasteiger partial charge is 0.497 e. The standard InChI is InChI=1S/C22H19N3O4S/c1-27-16-6-4-15(5-7-16)25-22(17-11-30-12-18(17)24-25)23-21(26)9-3-14-2-8-19-20(10-14)29-13-28-19/h2-10H,11-13H2,1H3,(H,23,26)/b9-3+. The van der Waals surface area contributed by atoms with E-state index in [1.54, 1.807) is 29.6 Å². The molecule has 7 nitrogen and oxygen atoms in total. The molecule has 0 bridgehead atoms. The van der Waals surface area contributed by atoms with Crippen LogP contribution in [0.1, 0.15) is 16.8 Å². The first-order valence-corrected chi connectivity index (χ1v) is 10.6. The number of nitrogens with one attached hydrogen (secondary N) is 1. The van der Waals surface area contributed by atoms with Crippen LogP contribution >= 0.6 is 11.8 Å². The number of hydrogen-bond donors (Lipinski definition) is 1. The molecule has 0 saturated heterocycles. The fourth-order valence-electron chi connectivity index (χ4n) is 3.40. The van der Waals surface area contributed by atoms with Crippen molar-refractivity contribution in [3.63, 3.8) is 0 Å². The average molecular weight is 421 g/mol. The highest BCUT2D eigenvalue weighted by molar-refractivity contribution is 7.98. The first-order valence-electron chi connectivity index (χ1n) is 9.43. The average Bonchev–Trinajstić information content (AvgIpc) is 3.49. The van der Waals surface area contributed by atoms with E-state index in [2.05, 4.69) is 5.32 Å². The van der Waals surface area contributed by atoms with E-state index < -0.39 is 0 Å². The van der Waals surface area contributed by atoms with Gasteiger partial charge in [0.05, 0.1) is 18.5 Å². The molecule has 0 saturated carbocycles. The Hall–Kier alpha value is -3.39. The van der Waals surface area contributed by atoms with Gasteiger partial charge in [-0.1, -0.05) is 6.07 Å². The summed E-state index contributed by atoms with van der Waals surface area (Å²) >= 11 is 1.79. The molecule has 152 valence electrons. The quantitative estimate of drug-likeness (QED) is 0.628. The van der Waals surface area contributed by atoms with Crippen LogP contribution in [-0.2, 0) is 16.3 Å². The summed E-state index contributed by atoms with van der Waals surface area (Å²) in [6.45, 7) is 0.224. The lowest BCUT2D eigenvalue weighted by Crippen LogP contribution is -2.13. The zero-order valence-corrected chi connectivity index (χ0v) is 17.1. The lowest BCUT2D eigenvalue weighted by Gasteiger charge is -2.10. The highest BCUT2D eigenvalue weighted by atomic mass is 32.2. The molecule has 0 spiro atoms. The van der Waals surface area contributed by atoms with Crippen LogP contribution in [0.15, 0.2) is 48.5 Å². The summed E-state index contributed by atoms with van der Waals surface area (Å²) < 4.78 is 17.7. The van der Waals surface area contributed by atoms with Crippen LogP contribution in [0.25, 0.3) is 11.8 Å². The first-order chi connectivity index (χ1) is 14.7. The van der Waals surface area contributed by atoms with Crippen LogP contribution in [0.4, 0.5) is 5.82 Å². The topological polar surface area (TPSA) is 74.6 Å². The molecule has 2 aliphatic heterocycles. The lowest BCUT2D eigenvalue weighted by atomic mass is 10.2. The fraction of sp³-hybridized carbons (Fsp3) is 0.182. The van der Waals surface area contributed by atoms with E-state index in [9.17, 15) is 4.79 Å². The lowest BCUT2D eigenvalue weighted by molar-refractivity contribution is -0.111. The predicted molar refractivity (Wildman–Crippen MR) is 115 cm³/mol. The Balaban J connectivity index is 1.39. The third kappa shape index (κ3) is 3.50. The van der Waals surface area contributed by atoms with Gasteiger partial charge in [0.15, 0.2) is 11.5 Å². The summed E-state index contributed by atoms with van der Waals surface area (Å²) in [6, 6.07) is 13.2. The number of carbonyl (C=O) groups excluding carboxylic acids is 1. The van der Waals surface area contributed by atoms with E-state index in [0.717, 1.165) is 39.8 Å². The van der Waals surface area contributed by atoms with Crippen LogP contribution < -0.4 is 19.5 Å². The van der Waals surface area contributed by atoms with Crippen LogP contribution in [0.5, 0.6) is 17.2 Å². The molecule has 1 aromatic heterocycles. The zero-order chi connectivity index (χ0) is 20.5. The van der Waals surface area contributed by atoms with Gasteiger partial charge < -0.3 is 19.5 Å². The third-order valence-corrected chi connectivity index (χ3v) is 5.90. The van der Waals surface area contributed by atoms with Crippen molar-refractivity contribution in [2.24, 2.45) is 0 Å². The van der Waals surface area contributed by atoms with Crippen LogP contribution in [0.2, 0.25) is 0 Å². The van der Waals surface area contributed by atoms with E-state index in [4.69, 9.17) is 19.3 Å². The second-order valence-electron chi connectivity index (χ2n) is 6.81.